The first-order chi connectivity index (χ1) is 9.63. The van der Waals surface area contributed by atoms with E-state index in [1.54, 1.807) is 31.4 Å². The van der Waals surface area contributed by atoms with Crippen molar-refractivity contribution in [3.8, 4) is 11.5 Å². The Labute approximate surface area is 121 Å². The Balaban J connectivity index is 2.16. The maximum atomic E-state index is 13.0. The first-order valence-corrected chi connectivity index (χ1v) is 6.28. The van der Waals surface area contributed by atoms with E-state index in [4.69, 9.17) is 21.1 Å². The highest BCUT2D eigenvalue weighted by atomic mass is 35.5. The second kappa shape index (κ2) is 6.43. The molecule has 0 aliphatic carbocycles. The van der Waals surface area contributed by atoms with E-state index in [1.807, 2.05) is 0 Å². The molecule has 0 spiro atoms. The molecule has 1 heterocycles. The Hall–Kier alpha value is -2.01. The van der Waals surface area contributed by atoms with Gasteiger partial charge in [0.25, 0.3) is 0 Å². The lowest BCUT2D eigenvalue weighted by molar-refractivity contribution is 0.355. The van der Waals surface area contributed by atoms with Crippen LogP contribution in [0.2, 0.25) is 5.02 Å². The Bertz CT molecular complexity index is 608. The van der Waals surface area contributed by atoms with Gasteiger partial charge in [-0.3, -0.25) is 0 Å². The Morgan fingerprint density at radius 2 is 2.05 bits per heavy atom. The molecule has 0 saturated carbocycles. The highest BCUT2D eigenvalue weighted by molar-refractivity contribution is 6.32. The van der Waals surface area contributed by atoms with Crippen molar-refractivity contribution in [1.29, 1.82) is 0 Å². The summed E-state index contributed by atoms with van der Waals surface area (Å²) in [7, 11) is 3.07. The van der Waals surface area contributed by atoms with Crippen molar-refractivity contribution in [2.75, 3.05) is 19.5 Å². The lowest BCUT2D eigenvalue weighted by atomic mass is 10.2. The summed E-state index contributed by atoms with van der Waals surface area (Å²) in [5, 5.41) is 3.47. The molecule has 1 N–H and O–H groups in total. The van der Waals surface area contributed by atoms with Crippen LogP contribution in [0.4, 0.5) is 10.2 Å². The van der Waals surface area contributed by atoms with Gasteiger partial charge >= 0.3 is 0 Å². The summed E-state index contributed by atoms with van der Waals surface area (Å²) in [5.41, 5.74) is 0.874. The van der Waals surface area contributed by atoms with Crippen molar-refractivity contribution in [3.05, 3.63) is 46.9 Å². The molecule has 4 nitrogen and oxygen atoms in total. The maximum Gasteiger partial charge on any atom is 0.214 e. The number of nitrogens with zero attached hydrogens (tertiary/aromatic N) is 1. The summed E-state index contributed by atoms with van der Waals surface area (Å²) < 4.78 is 23.3. The molecule has 0 saturated heterocycles. The zero-order valence-electron chi connectivity index (χ0n) is 11.1. The summed E-state index contributed by atoms with van der Waals surface area (Å²) in [6, 6.07) is 8.13. The molecule has 1 aromatic heterocycles. The van der Waals surface area contributed by atoms with Gasteiger partial charge in [0, 0.05) is 6.54 Å². The Kier molecular flexibility index (Phi) is 4.63. The molecule has 20 heavy (non-hydrogen) atoms. The van der Waals surface area contributed by atoms with Crippen LogP contribution in [-0.2, 0) is 6.54 Å². The number of ether oxygens (including phenoxy) is 2. The standard InChI is InChI=1S/C14H14ClFN2O2/c1-19-11-7-9(6-10(15)14(11)20-2)8-17-13-5-3-4-12(16)18-13/h3-7H,8H2,1-2H3,(H,17,18). The maximum absolute atomic E-state index is 13.0. The van der Waals surface area contributed by atoms with Gasteiger partial charge in [-0.15, -0.1) is 0 Å². The molecule has 0 fully saturated rings. The fourth-order valence-corrected chi connectivity index (χ4v) is 2.08. The number of nitrogens with one attached hydrogen (secondary N) is 1. The van der Waals surface area contributed by atoms with Crippen molar-refractivity contribution in [2.45, 2.75) is 6.54 Å². The van der Waals surface area contributed by atoms with Gasteiger partial charge in [0.05, 0.1) is 19.2 Å². The predicted octanol–water partition coefficient (Wildman–Crippen LogP) is 3.50. The van der Waals surface area contributed by atoms with Crippen LogP contribution in [0.25, 0.3) is 0 Å². The third-order valence-electron chi connectivity index (χ3n) is 2.68. The van der Waals surface area contributed by atoms with Crippen LogP contribution >= 0.6 is 11.6 Å². The molecule has 0 unspecified atom stereocenters. The van der Waals surface area contributed by atoms with Crippen LogP contribution in [0.15, 0.2) is 30.3 Å². The highest BCUT2D eigenvalue weighted by Gasteiger charge is 2.10. The van der Waals surface area contributed by atoms with Crippen molar-refractivity contribution < 1.29 is 13.9 Å². The van der Waals surface area contributed by atoms with Crippen LogP contribution in [0, 0.1) is 5.95 Å². The topological polar surface area (TPSA) is 43.4 Å². The second-order valence-electron chi connectivity index (χ2n) is 4.01. The molecule has 0 aliphatic rings. The van der Waals surface area contributed by atoms with Gasteiger partial charge < -0.3 is 14.8 Å². The normalized spacial score (nSPS) is 10.2. The fourth-order valence-electron chi connectivity index (χ4n) is 1.77. The molecule has 0 radical (unpaired) electrons. The third-order valence-corrected chi connectivity index (χ3v) is 2.96. The minimum atomic E-state index is -0.527. The number of aromatic nitrogens is 1. The summed E-state index contributed by atoms with van der Waals surface area (Å²) in [6.07, 6.45) is 0. The average Bonchev–Trinajstić information content (AvgIpc) is 2.44. The van der Waals surface area contributed by atoms with E-state index in [9.17, 15) is 4.39 Å². The number of anilines is 1. The van der Waals surface area contributed by atoms with E-state index in [0.29, 0.717) is 28.9 Å². The molecular formula is C14H14ClFN2O2. The molecule has 2 aromatic rings. The summed E-state index contributed by atoms with van der Waals surface area (Å²) in [5.74, 6) is 0.960. The smallest absolute Gasteiger partial charge is 0.214 e. The quantitative estimate of drug-likeness (QED) is 0.858. The van der Waals surface area contributed by atoms with E-state index in [1.165, 1.54) is 13.2 Å². The fraction of sp³-hybridized carbons (Fsp3) is 0.214. The van der Waals surface area contributed by atoms with E-state index >= 15 is 0 Å². The summed E-state index contributed by atoms with van der Waals surface area (Å²) >= 11 is 6.11. The molecule has 0 amide bonds. The van der Waals surface area contributed by atoms with Gasteiger partial charge in [-0.2, -0.15) is 4.39 Å². The lowest BCUT2D eigenvalue weighted by Gasteiger charge is -2.12. The molecule has 106 valence electrons. The number of hydrogen-bond acceptors (Lipinski definition) is 4. The number of methoxy groups -OCH3 is 2. The molecule has 2 rings (SSSR count). The van der Waals surface area contributed by atoms with Crippen LogP contribution < -0.4 is 14.8 Å². The summed E-state index contributed by atoms with van der Waals surface area (Å²) in [4.78, 5) is 3.72. The van der Waals surface area contributed by atoms with Crippen molar-refractivity contribution in [3.63, 3.8) is 0 Å². The number of pyridine rings is 1. The minimum absolute atomic E-state index is 0.441. The van der Waals surface area contributed by atoms with E-state index < -0.39 is 5.95 Å². The van der Waals surface area contributed by atoms with Crippen LogP contribution in [0.5, 0.6) is 11.5 Å². The second-order valence-corrected chi connectivity index (χ2v) is 4.42. The monoisotopic (exact) mass is 296 g/mol. The highest BCUT2D eigenvalue weighted by Crippen LogP contribution is 2.36. The third kappa shape index (κ3) is 3.30. The SMILES string of the molecule is COc1cc(CNc2cccc(F)n2)cc(Cl)c1OC. The Morgan fingerprint density at radius 1 is 1.25 bits per heavy atom. The van der Waals surface area contributed by atoms with Gasteiger partial charge in [0.1, 0.15) is 5.82 Å². The van der Waals surface area contributed by atoms with E-state index in [2.05, 4.69) is 10.3 Å². The Morgan fingerprint density at radius 3 is 2.70 bits per heavy atom. The van der Waals surface area contributed by atoms with Crippen molar-refractivity contribution >= 4 is 17.4 Å². The lowest BCUT2D eigenvalue weighted by Crippen LogP contribution is -2.03. The van der Waals surface area contributed by atoms with Gasteiger partial charge in [-0.05, 0) is 29.8 Å². The van der Waals surface area contributed by atoms with E-state index in [-0.39, 0.29) is 0 Å². The number of halogens is 2. The first-order valence-electron chi connectivity index (χ1n) is 5.91. The molecule has 0 atom stereocenters. The van der Waals surface area contributed by atoms with Crippen LogP contribution in [0.3, 0.4) is 0 Å². The number of rotatable bonds is 5. The first kappa shape index (κ1) is 14.4. The van der Waals surface area contributed by atoms with Crippen molar-refractivity contribution in [2.24, 2.45) is 0 Å². The molecule has 0 bridgehead atoms. The van der Waals surface area contributed by atoms with Gasteiger partial charge in [-0.1, -0.05) is 17.7 Å². The zero-order valence-corrected chi connectivity index (χ0v) is 11.9. The van der Waals surface area contributed by atoms with Crippen LogP contribution in [0.1, 0.15) is 5.56 Å². The largest absolute Gasteiger partial charge is 0.493 e. The van der Waals surface area contributed by atoms with Crippen molar-refractivity contribution in [1.82, 2.24) is 4.98 Å². The predicted molar refractivity (Wildman–Crippen MR) is 76.1 cm³/mol. The molecular weight excluding hydrogens is 283 g/mol. The summed E-state index contributed by atoms with van der Waals surface area (Å²) in [6.45, 7) is 0.441. The number of hydrogen-bond donors (Lipinski definition) is 1. The molecule has 1 aromatic carbocycles. The van der Waals surface area contributed by atoms with Crippen LogP contribution in [-0.4, -0.2) is 19.2 Å². The minimum Gasteiger partial charge on any atom is -0.493 e. The number of benzene rings is 1. The van der Waals surface area contributed by atoms with E-state index in [0.717, 1.165) is 5.56 Å². The van der Waals surface area contributed by atoms with Gasteiger partial charge in [0.2, 0.25) is 5.95 Å². The average molecular weight is 297 g/mol. The zero-order chi connectivity index (χ0) is 14.5. The van der Waals surface area contributed by atoms with Gasteiger partial charge in [-0.25, -0.2) is 4.98 Å². The molecule has 0 aliphatic heterocycles. The molecule has 6 heteroatoms. The van der Waals surface area contributed by atoms with Gasteiger partial charge in [0.15, 0.2) is 11.5 Å².